The molecule has 1 unspecified atom stereocenters. The molecule has 2 aromatic rings. The highest BCUT2D eigenvalue weighted by atomic mass is 32.2. The molecule has 3 rings (SSSR count). The van der Waals surface area contributed by atoms with Crippen LogP contribution in [0.4, 0.5) is 0 Å². The van der Waals surface area contributed by atoms with E-state index in [1.54, 1.807) is 20.8 Å². The summed E-state index contributed by atoms with van der Waals surface area (Å²) in [5.74, 6) is 0.815. The van der Waals surface area contributed by atoms with Crippen LogP contribution in [0.25, 0.3) is 0 Å². The van der Waals surface area contributed by atoms with Crippen molar-refractivity contribution in [3.05, 3.63) is 36.0 Å². The molecule has 1 aliphatic rings. The van der Waals surface area contributed by atoms with E-state index in [9.17, 15) is 16.8 Å². The first-order valence-electron chi connectivity index (χ1n) is 9.60. The minimum Gasteiger partial charge on any atom is -0.339 e. The Kier molecular flexibility index (Phi) is 6.42. The van der Waals surface area contributed by atoms with Gasteiger partial charge in [0.1, 0.15) is 0 Å². The molecule has 0 radical (unpaired) electrons. The molecule has 1 aromatic heterocycles. The third-order valence-corrected chi connectivity index (χ3v) is 9.02. The van der Waals surface area contributed by atoms with E-state index in [1.165, 1.54) is 32.9 Å². The summed E-state index contributed by atoms with van der Waals surface area (Å²) in [4.78, 5) is 4.37. The zero-order valence-corrected chi connectivity index (χ0v) is 18.4. The zero-order chi connectivity index (χ0) is 21.2. The van der Waals surface area contributed by atoms with Crippen molar-refractivity contribution in [3.63, 3.8) is 0 Å². The lowest BCUT2D eigenvalue weighted by atomic mass is 10.00. The molecule has 2 heterocycles. The molecule has 9 nitrogen and oxygen atoms in total. The molecule has 0 saturated carbocycles. The number of nitrogens with zero attached hydrogens (tertiary/aromatic N) is 4. The van der Waals surface area contributed by atoms with Gasteiger partial charge in [0.15, 0.2) is 5.82 Å². The Hall–Kier alpha value is -1.82. The van der Waals surface area contributed by atoms with E-state index >= 15 is 0 Å². The Morgan fingerprint density at radius 3 is 2.28 bits per heavy atom. The van der Waals surface area contributed by atoms with Crippen LogP contribution >= 0.6 is 0 Å². The number of rotatable bonds is 7. The summed E-state index contributed by atoms with van der Waals surface area (Å²) >= 11 is 0. The van der Waals surface area contributed by atoms with Crippen molar-refractivity contribution >= 4 is 20.0 Å². The molecule has 1 aliphatic heterocycles. The summed E-state index contributed by atoms with van der Waals surface area (Å²) in [5.41, 5.74) is 0. The first kappa shape index (κ1) is 21.9. The molecular weight excluding hydrogens is 416 g/mol. The minimum atomic E-state index is -3.75. The topological polar surface area (TPSA) is 114 Å². The van der Waals surface area contributed by atoms with Gasteiger partial charge in [-0.3, -0.25) is 0 Å². The highest BCUT2D eigenvalue weighted by Crippen LogP contribution is 2.30. The summed E-state index contributed by atoms with van der Waals surface area (Å²) < 4.78 is 59.3. The predicted molar refractivity (Wildman–Crippen MR) is 106 cm³/mol. The third kappa shape index (κ3) is 4.37. The van der Waals surface area contributed by atoms with Crippen LogP contribution < -0.4 is 0 Å². The lowest BCUT2D eigenvalue weighted by Crippen LogP contribution is -2.39. The molecule has 1 saturated heterocycles. The second kappa shape index (κ2) is 8.50. The fourth-order valence-corrected chi connectivity index (χ4v) is 6.47. The molecule has 0 spiro atoms. The van der Waals surface area contributed by atoms with Gasteiger partial charge in [0.2, 0.25) is 25.9 Å². The zero-order valence-electron chi connectivity index (χ0n) is 16.8. The molecule has 0 bridgehead atoms. The second-order valence-electron chi connectivity index (χ2n) is 6.94. The summed E-state index contributed by atoms with van der Waals surface area (Å²) in [7, 11) is -7.39. The number of benzene rings is 1. The molecule has 29 heavy (non-hydrogen) atoms. The Balaban J connectivity index is 1.82. The van der Waals surface area contributed by atoms with E-state index in [0.717, 1.165) is 6.42 Å². The van der Waals surface area contributed by atoms with Crippen LogP contribution in [0.1, 0.15) is 44.3 Å². The summed E-state index contributed by atoms with van der Waals surface area (Å²) in [6.07, 6.45) is 1.45. The van der Waals surface area contributed by atoms with Crippen molar-refractivity contribution < 1.29 is 21.4 Å². The maximum Gasteiger partial charge on any atom is 0.243 e. The summed E-state index contributed by atoms with van der Waals surface area (Å²) in [5, 5.41) is 3.78. The number of piperidine rings is 1. The van der Waals surface area contributed by atoms with Crippen molar-refractivity contribution in [2.75, 3.05) is 26.2 Å². The van der Waals surface area contributed by atoms with E-state index in [1.807, 2.05) is 0 Å². The maximum atomic E-state index is 13.1. The molecule has 1 atom stereocenters. The minimum absolute atomic E-state index is 0.0679. The number of aryl methyl sites for hydroxylation is 1. The van der Waals surface area contributed by atoms with Crippen molar-refractivity contribution in [3.8, 4) is 0 Å². The van der Waals surface area contributed by atoms with Gasteiger partial charge in [-0.1, -0.05) is 19.0 Å². The molecule has 160 valence electrons. The number of sulfonamides is 2. The standard InChI is InChI=1S/C18H26N4O5S2/c1-4-21(5-2)28(23,24)16-8-10-17(11-9-16)29(25,26)22-12-6-7-15(13-22)18-19-14(3)20-27-18/h8-11,15H,4-7,12-13H2,1-3H3. The van der Waals surface area contributed by atoms with Crippen molar-refractivity contribution in [1.29, 1.82) is 0 Å². The van der Waals surface area contributed by atoms with Crippen LogP contribution in [0.5, 0.6) is 0 Å². The van der Waals surface area contributed by atoms with E-state index in [-0.39, 0.29) is 22.3 Å². The number of hydrogen-bond donors (Lipinski definition) is 0. The van der Waals surface area contributed by atoms with Gasteiger partial charge in [-0.2, -0.15) is 13.6 Å². The maximum absolute atomic E-state index is 13.1. The van der Waals surface area contributed by atoms with Crippen LogP contribution in [-0.4, -0.2) is 61.8 Å². The van der Waals surface area contributed by atoms with Gasteiger partial charge < -0.3 is 4.52 Å². The van der Waals surface area contributed by atoms with Crippen LogP contribution in [0.2, 0.25) is 0 Å². The van der Waals surface area contributed by atoms with Gasteiger partial charge in [-0.15, -0.1) is 0 Å². The molecule has 0 amide bonds. The highest BCUT2D eigenvalue weighted by molar-refractivity contribution is 7.89. The average Bonchev–Trinajstić information content (AvgIpc) is 3.15. The SMILES string of the molecule is CCN(CC)S(=O)(=O)c1ccc(S(=O)(=O)N2CCCC(c3nc(C)no3)C2)cc1. The largest absolute Gasteiger partial charge is 0.339 e. The van der Waals surface area contributed by atoms with E-state index in [4.69, 9.17) is 4.52 Å². The molecule has 1 fully saturated rings. The van der Waals surface area contributed by atoms with Crippen molar-refractivity contribution in [1.82, 2.24) is 18.8 Å². The van der Waals surface area contributed by atoms with Gasteiger partial charge in [-0.05, 0) is 44.0 Å². The monoisotopic (exact) mass is 442 g/mol. The van der Waals surface area contributed by atoms with Crippen LogP contribution in [0.15, 0.2) is 38.6 Å². The molecule has 1 aromatic carbocycles. The third-order valence-electron chi connectivity index (χ3n) is 5.08. The first-order valence-corrected chi connectivity index (χ1v) is 12.5. The number of hydrogen-bond acceptors (Lipinski definition) is 7. The quantitative estimate of drug-likeness (QED) is 0.644. The average molecular weight is 443 g/mol. The normalized spacial score (nSPS) is 19.0. The van der Waals surface area contributed by atoms with E-state index in [0.29, 0.717) is 37.8 Å². The van der Waals surface area contributed by atoms with E-state index in [2.05, 4.69) is 10.1 Å². The predicted octanol–water partition coefficient (Wildman–Crippen LogP) is 1.98. The van der Waals surface area contributed by atoms with Gasteiger partial charge in [0.05, 0.1) is 15.7 Å². The van der Waals surface area contributed by atoms with Gasteiger partial charge in [0, 0.05) is 26.2 Å². The van der Waals surface area contributed by atoms with Crippen molar-refractivity contribution in [2.45, 2.75) is 49.3 Å². The molecule has 0 N–H and O–H groups in total. The van der Waals surface area contributed by atoms with E-state index < -0.39 is 20.0 Å². The highest BCUT2D eigenvalue weighted by Gasteiger charge is 2.33. The van der Waals surface area contributed by atoms with Gasteiger partial charge in [0.25, 0.3) is 0 Å². The lowest BCUT2D eigenvalue weighted by molar-refractivity contribution is 0.265. The first-order chi connectivity index (χ1) is 13.7. The fourth-order valence-electron chi connectivity index (χ4n) is 3.49. The molecule has 0 aliphatic carbocycles. The van der Waals surface area contributed by atoms with Gasteiger partial charge >= 0.3 is 0 Å². The fraction of sp³-hybridized carbons (Fsp3) is 0.556. The summed E-state index contributed by atoms with van der Waals surface area (Å²) in [6.45, 7) is 6.59. The van der Waals surface area contributed by atoms with Crippen LogP contribution in [0, 0.1) is 6.92 Å². The van der Waals surface area contributed by atoms with Crippen LogP contribution in [0.3, 0.4) is 0 Å². The Bertz CT molecular complexity index is 1040. The molecule has 11 heteroatoms. The Morgan fingerprint density at radius 1 is 1.10 bits per heavy atom. The Labute approximate surface area is 171 Å². The lowest BCUT2D eigenvalue weighted by Gasteiger charge is -2.30. The second-order valence-corrected chi connectivity index (χ2v) is 10.8. The molecular formula is C18H26N4O5S2. The number of aromatic nitrogens is 2. The van der Waals surface area contributed by atoms with Crippen LogP contribution in [-0.2, 0) is 20.0 Å². The summed E-state index contributed by atoms with van der Waals surface area (Å²) in [6, 6.07) is 5.41. The smallest absolute Gasteiger partial charge is 0.243 e. The Morgan fingerprint density at radius 2 is 1.72 bits per heavy atom. The van der Waals surface area contributed by atoms with Crippen molar-refractivity contribution in [2.24, 2.45) is 0 Å². The van der Waals surface area contributed by atoms with Gasteiger partial charge in [-0.25, -0.2) is 16.8 Å².